The summed E-state index contributed by atoms with van der Waals surface area (Å²) in [6, 6.07) is 0. The number of anilines is 1. The number of rotatable bonds is 3. The number of nitrogens with one attached hydrogen (secondary N) is 1. The highest BCUT2D eigenvalue weighted by atomic mass is 32.1. The van der Waals surface area contributed by atoms with Crippen LogP contribution in [0.1, 0.15) is 4.88 Å². The lowest BCUT2D eigenvalue weighted by atomic mass is 10.4. The molecule has 0 saturated carbocycles. The van der Waals surface area contributed by atoms with E-state index < -0.39 is 0 Å². The Hall–Kier alpha value is -0.980. The lowest BCUT2D eigenvalue weighted by molar-refractivity contribution is -0.118. The molecular formula is C10H15N3O2S. The fourth-order valence-electron chi connectivity index (χ4n) is 1.53. The van der Waals surface area contributed by atoms with Crippen LogP contribution < -0.4 is 5.32 Å². The fraction of sp³-hybridized carbons (Fsp3) is 0.600. The zero-order chi connectivity index (χ0) is 11.4. The summed E-state index contributed by atoms with van der Waals surface area (Å²) in [7, 11) is 0. The molecule has 0 aliphatic carbocycles. The number of ether oxygens (including phenoxy) is 1. The summed E-state index contributed by atoms with van der Waals surface area (Å²) in [5, 5.41) is 3.47. The highest BCUT2D eigenvalue weighted by Gasteiger charge is 2.14. The number of amides is 1. The van der Waals surface area contributed by atoms with E-state index in [4.69, 9.17) is 4.74 Å². The molecule has 1 amide bonds. The molecule has 0 unspecified atom stereocenters. The lowest BCUT2D eigenvalue weighted by Gasteiger charge is -2.25. The molecule has 1 aromatic rings. The molecule has 5 nitrogen and oxygen atoms in total. The molecule has 0 radical (unpaired) electrons. The molecule has 6 heteroatoms. The van der Waals surface area contributed by atoms with Gasteiger partial charge in [0.1, 0.15) is 0 Å². The average Bonchev–Trinajstić information content (AvgIpc) is 2.65. The molecule has 1 saturated heterocycles. The van der Waals surface area contributed by atoms with Gasteiger partial charge in [0, 0.05) is 24.2 Å². The van der Waals surface area contributed by atoms with E-state index in [1.54, 1.807) is 6.20 Å². The molecule has 1 fully saturated rings. The Morgan fingerprint density at radius 3 is 3.00 bits per heavy atom. The molecule has 1 aromatic heterocycles. The molecule has 1 aliphatic heterocycles. The van der Waals surface area contributed by atoms with Crippen LogP contribution in [0.5, 0.6) is 0 Å². The maximum atomic E-state index is 11.7. The SMILES string of the molecule is Cc1cnc(NC(=O)CN2CCOCC2)s1. The van der Waals surface area contributed by atoms with Gasteiger partial charge in [-0.1, -0.05) is 0 Å². The summed E-state index contributed by atoms with van der Waals surface area (Å²) < 4.78 is 5.22. The summed E-state index contributed by atoms with van der Waals surface area (Å²) in [4.78, 5) is 18.9. The van der Waals surface area contributed by atoms with Crippen molar-refractivity contribution in [1.29, 1.82) is 0 Å². The summed E-state index contributed by atoms with van der Waals surface area (Å²) >= 11 is 1.49. The third-order valence-corrected chi connectivity index (χ3v) is 3.17. The largest absolute Gasteiger partial charge is 0.379 e. The van der Waals surface area contributed by atoms with Crippen molar-refractivity contribution in [3.63, 3.8) is 0 Å². The first-order valence-corrected chi connectivity index (χ1v) is 6.08. The van der Waals surface area contributed by atoms with Gasteiger partial charge in [-0.3, -0.25) is 9.69 Å². The number of carbonyl (C=O) groups excluding carboxylic acids is 1. The highest BCUT2D eigenvalue weighted by molar-refractivity contribution is 7.15. The van der Waals surface area contributed by atoms with Crippen LogP contribution in [-0.2, 0) is 9.53 Å². The van der Waals surface area contributed by atoms with Gasteiger partial charge in [-0.2, -0.15) is 0 Å². The van der Waals surface area contributed by atoms with Gasteiger partial charge in [0.15, 0.2) is 5.13 Å². The van der Waals surface area contributed by atoms with Crippen LogP contribution in [-0.4, -0.2) is 48.6 Å². The Morgan fingerprint density at radius 1 is 1.62 bits per heavy atom. The van der Waals surface area contributed by atoms with E-state index in [1.165, 1.54) is 11.3 Å². The molecular weight excluding hydrogens is 226 g/mol. The molecule has 1 aliphatic rings. The van der Waals surface area contributed by atoms with Crippen molar-refractivity contribution in [1.82, 2.24) is 9.88 Å². The molecule has 88 valence electrons. The Balaban J connectivity index is 1.79. The first-order valence-electron chi connectivity index (χ1n) is 5.26. The summed E-state index contributed by atoms with van der Waals surface area (Å²) in [6.07, 6.45) is 1.76. The van der Waals surface area contributed by atoms with Gasteiger partial charge in [-0.05, 0) is 6.92 Å². The van der Waals surface area contributed by atoms with E-state index in [0.29, 0.717) is 24.9 Å². The van der Waals surface area contributed by atoms with Crippen molar-refractivity contribution in [3.05, 3.63) is 11.1 Å². The van der Waals surface area contributed by atoms with Gasteiger partial charge >= 0.3 is 0 Å². The van der Waals surface area contributed by atoms with Crippen molar-refractivity contribution < 1.29 is 9.53 Å². The second-order valence-electron chi connectivity index (χ2n) is 3.71. The van der Waals surface area contributed by atoms with Crippen molar-refractivity contribution in [3.8, 4) is 0 Å². The minimum absolute atomic E-state index is 0.00347. The second kappa shape index (κ2) is 5.38. The minimum Gasteiger partial charge on any atom is -0.379 e. The quantitative estimate of drug-likeness (QED) is 0.847. The third kappa shape index (κ3) is 3.26. The zero-order valence-electron chi connectivity index (χ0n) is 9.23. The standard InChI is InChI=1S/C10H15N3O2S/c1-8-6-11-10(16-8)12-9(14)7-13-2-4-15-5-3-13/h6H,2-5,7H2,1H3,(H,11,12,14). The normalized spacial score (nSPS) is 17.3. The maximum absolute atomic E-state index is 11.7. The lowest BCUT2D eigenvalue weighted by Crippen LogP contribution is -2.41. The Kier molecular flexibility index (Phi) is 3.87. The van der Waals surface area contributed by atoms with Crippen LogP contribution in [0.15, 0.2) is 6.20 Å². The minimum atomic E-state index is -0.00347. The number of nitrogens with zero attached hydrogens (tertiary/aromatic N) is 2. The Labute approximate surface area is 98.4 Å². The van der Waals surface area contributed by atoms with E-state index >= 15 is 0 Å². The van der Waals surface area contributed by atoms with Crippen molar-refractivity contribution >= 4 is 22.4 Å². The zero-order valence-corrected chi connectivity index (χ0v) is 10.0. The van der Waals surface area contributed by atoms with Gasteiger partial charge in [-0.25, -0.2) is 4.98 Å². The summed E-state index contributed by atoms with van der Waals surface area (Å²) in [5.41, 5.74) is 0. The van der Waals surface area contributed by atoms with Crippen molar-refractivity contribution in [2.75, 3.05) is 38.2 Å². The van der Waals surface area contributed by atoms with Crippen LogP contribution in [0.2, 0.25) is 0 Å². The van der Waals surface area contributed by atoms with Crippen LogP contribution in [0.25, 0.3) is 0 Å². The van der Waals surface area contributed by atoms with E-state index in [-0.39, 0.29) is 5.91 Å². The van der Waals surface area contributed by atoms with Gasteiger partial charge in [0.2, 0.25) is 5.91 Å². The number of morpholine rings is 1. The fourth-order valence-corrected chi connectivity index (χ4v) is 2.21. The number of thiazole rings is 1. The van der Waals surface area contributed by atoms with Crippen LogP contribution in [0, 0.1) is 6.92 Å². The highest BCUT2D eigenvalue weighted by Crippen LogP contribution is 2.16. The number of aromatic nitrogens is 1. The Morgan fingerprint density at radius 2 is 2.38 bits per heavy atom. The second-order valence-corrected chi connectivity index (χ2v) is 4.95. The summed E-state index contributed by atoms with van der Waals surface area (Å²) in [6.45, 7) is 5.46. The van der Waals surface area contributed by atoms with E-state index in [9.17, 15) is 4.79 Å². The number of hydrogen-bond donors (Lipinski definition) is 1. The maximum Gasteiger partial charge on any atom is 0.240 e. The molecule has 1 N–H and O–H groups in total. The summed E-state index contributed by atoms with van der Waals surface area (Å²) in [5.74, 6) is -0.00347. The van der Waals surface area contributed by atoms with Crippen molar-refractivity contribution in [2.45, 2.75) is 6.92 Å². The molecule has 16 heavy (non-hydrogen) atoms. The molecule has 0 spiro atoms. The van der Waals surface area contributed by atoms with E-state index in [1.807, 2.05) is 6.92 Å². The van der Waals surface area contributed by atoms with Gasteiger partial charge in [-0.15, -0.1) is 11.3 Å². The number of hydrogen-bond acceptors (Lipinski definition) is 5. The number of carbonyl (C=O) groups is 1. The van der Waals surface area contributed by atoms with Gasteiger partial charge in [0.05, 0.1) is 19.8 Å². The van der Waals surface area contributed by atoms with E-state index in [2.05, 4.69) is 15.2 Å². The molecule has 2 heterocycles. The van der Waals surface area contributed by atoms with Crippen LogP contribution in [0.4, 0.5) is 5.13 Å². The molecule has 0 bridgehead atoms. The first kappa shape index (κ1) is 11.5. The Bertz CT molecular complexity index is 361. The molecule has 2 rings (SSSR count). The predicted molar refractivity (Wildman–Crippen MR) is 62.7 cm³/mol. The molecule has 0 aromatic carbocycles. The van der Waals surface area contributed by atoms with Gasteiger partial charge in [0.25, 0.3) is 0 Å². The predicted octanol–water partition coefficient (Wildman–Crippen LogP) is 0.722. The number of aryl methyl sites for hydroxylation is 1. The van der Waals surface area contributed by atoms with Gasteiger partial charge < -0.3 is 10.1 Å². The van der Waals surface area contributed by atoms with Crippen molar-refractivity contribution in [2.24, 2.45) is 0 Å². The van der Waals surface area contributed by atoms with Crippen LogP contribution in [0.3, 0.4) is 0 Å². The smallest absolute Gasteiger partial charge is 0.240 e. The average molecular weight is 241 g/mol. The third-order valence-electron chi connectivity index (χ3n) is 2.34. The van der Waals surface area contributed by atoms with Crippen LogP contribution >= 0.6 is 11.3 Å². The molecule has 0 atom stereocenters. The monoisotopic (exact) mass is 241 g/mol. The topological polar surface area (TPSA) is 54.5 Å². The first-order chi connectivity index (χ1) is 7.74. The van der Waals surface area contributed by atoms with E-state index in [0.717, 1.165) is 18.0 Å².